The number of allylic oxidation sites excluding steroid dienone is 2. The Morgan fingerprint density at radius 1 is 1.12 bits per heavy atom. The van der Waals surface area contributed by atoms with E-state index in [0.717, 1.165) is 26.1 Å². The van der Waals surface area contributed by atoms with Crippen LogP contribution < -0.4 is 0 Å². The third-order valence-electron chi connectivity index (χ3n) is 4.93. The lowest BCUT2D eigenvalue weighted by atomic mass is 9.69. The highest BCUT2D eigenvalue weighted by Gasteiger charge is 2.53. The molecule has 2 saturated heterocycles. The minimum atomic E-state index is -0.0205. The highest BCUT2D eigenvalue weighted by Crippen LogP contribution is 2.42. The number of benzene rings is 1. The van der Waals surface area contributed by atoms with Crippen LogP contribution in [0.5, 0.6) is 0 Å². The second kappa shape index (κ2) is 10.9. The molecule has 2 unspecified atom stereocenters. The van der Waals surface area contributed by atoms with Crippen LogP contribution in [0.1, 0.15) is 52.5 Å². The van der Waals surface area contributed by atoms with Gasteiger partial charge in [0.05, 0.1) is 6.61 Å². The van der Waals surface area contributed by atoms with Gasteiger partial charge in [-0.1, -0.05) is 63.3 Å². The molecule has 2 aliphatic rings. The van der Waals surface area contributed by atoms with Crippen LogP contribution in [-0.4, -0.2) is 30.2 Å². The maximum Gasteiger partial charge on any atom is 0.347 e. The molecule has 0 radical (unpaired) electrons. The molecule has 2 heterocycles. The number of rotatable bonds is 3. The van der Waals surface area contributed by atoms with E-state index in [0.29, 0.717) is 5.92 Å². The van der Waals surface area contributed by atoms with E-state index in [9.17, 15) is 0 Å². The fraction of sp³-hybridized carbons (Fsp3) is 0.522. The van der Waals surface area contributed by atoms with Crippen molar-refractivity contribution in [3.05, 3.63) is 61.2 Å². The first kappa shape index (κ1) is 21.2. The van der Waals surface area contributed by atoms with Gasteiger partial charge in [0.15, 0.2) is 0 Å². The minimum Gasteiger partial charge on any atom is -0.447 e. The van der Waals surface area contributed by atoms with Crippen LogP contribution in [0.15, 0.2) is 55.6 Å². The van der Waals surface area contributed by atoms with Crippen molar-refractivity contribution in [1.29, 1.82) is 0 Å². The van der Waals surface area contributed by atoms with Gasteiger partial charge in [-0.15, -0.1) is 13.2 Å². The van der Waals surface area contributed by atoms with Crippen molar-refractivity contribution in [2.24, 2.45) is 5.92 Å². The molecule has 0 aromatic heterocycles. The Kier molecular flexibility index (Phi) is 9.26. The zero-order valence-corrected chi connectivity index (χ0v) is 16.6. The largest absolute Gasteiger partial charge is 0.447 e. The molecule has 2 heteroatoms. The highest BCUT2D eigenvalue weighted by atomic mass is 16.5. The first-order valence-corrected chi connectivity index (χ1v) is 9.71. The van der Waals surface area contributed by atoms with Crippen LogP contribution in [0.2, 0.25) is 0 Å². The van der Waals surface area contributed by atoms with Crippen molar-refractivity contribution >= 4 is 5.90 Å². The minimum absolute atomic E-state index is 0.0205. The second-order valence-electron chi connectivity index (χ2n) is 6.37. The maximum atomic E-state index is 6.13. The summed E-state index contributed by atoms with van der Waals surface area (Å²) in [4.78, 5) is 0. The van der Waals surface area contributed by atoms with E-state index in [1.54, 1.807) is 6.08 Å². The normalized spacial score (nSPS) is 22.7. The third kappa shape index (κ3) is 4.62. The summed E-state index contributed by atoms with van der Waals surface area (Å²) in [6, 6.07) is 10.8. The lowest BCUT2D eigenvalue weighted by molar-refractivity contribution is -0.517. The Hall–Kier alpha value is -1.83. The van der Waals surface area contributed by atoms with Crippen LogP contribution in [0.25, 0.3) is 0 Å². The lowest BCUT2D eigenvalue weighted by Gasteiger charge is -2.30. The van der Waals surface area contributed by atoms with Gasteiger partial charge in [-0.05, 0) is 18.4 Å². The van der Waals surface area contributed by atoms with Crippen LogP contribution in [0.3, 0.4) is 0 Å². The Bertz CT molecular complexity index is 553. The topological polar surface area (TPSA) is 12.2 Å². The van der Waals surface area contributed by atoms with Gasteiger partial charge in [-0.25, -0.2) is 4.58 Å². The maximum absolute atomic E-state index is 6.13. The van der Waals surface area contributed by atoms with Gasteiger partial charge in [0, 0.05) is 19.3 Å². The molecule has 3 rings (SSSR count). The summed E-state index contributed by atoms with van der Waals surface area (Å²) in [5.74, 6) is 1.57. The van der Waals surface area contributed by atoms with Gasteiger partial charge in [0.2, 0.25) is 0 Å². The summed E-state index contributed by atoms with van der Waals surface area (Å²) in [6.07, 6.45) is 7.44. The average Bonchev–Trinajstić information content (AvgIpc) is 3.34. The molecule has 2 fully saturated rings. The summed E-state index contributed by atoms with van der Waals surface area (Å²) >= 11 is 0. The van der Waals surface area contributed by atoms with Crippen molar-refractivity contribution < 1.29 is 9.31 Å². The van der Waals surface area contributed by atoms with Crippen molar-refractivity contribution in [3.63, 3.8) is 0 Å². The summed E-state index contributed by atoms with van der Waals surface area (Å²) in [5.41, 5.74) is 1.35. The third-order valence-corrected chi connectivity index (χ3v) is 4.93. The molecule has 0 saturated carbocycles. The van der Waals surface area contributed by atoms with Crippen molar-refractivity contribution in [2.45, 2.75) is 52.4 Å². The molecular formula is C23H36NO+. The Morgan fingerprint density at radius 2 is 1.68 bits per heavy atom. The summed E-state index contributed by atoms with van der Waals surface area (Å²) in [7, 11) is 0. The molecule has 1 aromatic carbocycles. The molecular weight excluding hydrogens is 306 g/mol. The van der Waals surface area contributed by atoms with E-state index in [1.807, 2.05) is 20.8 Å². The first-order chi connectivity index (χ1) is 12.2. The predicted molar refractivity (Wildman–Crippen MR) is 110 cm³/mol. The molecule has 0 bridgehead atoms. The standard InChI is InChI=1S/C18H24NO.C3H6.C2H6/c1-3-15(2)18(16-9-5-4-6-10-16)11-14-20-17(18)19-12-7-8-13-19;1-3-2;1-2/h3-6,9-10,15H,1,7-8,11-14H2,2H3;3H,1H2,2H3;1-2H3/q+1;;. The van der Waals surface area contributed by atoms with E-state index in [-0.39, 0.29) is 5.41 Å². The zero-order valence-electron chi connectivity index (χ0n) is 16.6. The summed E-state index contributed by atoms with van der Waals surface area (Å²) in [5, 5.41) is 0. The second-order valence-corrected chi connectivity index (χ2v) is 6.37. The van der Waals surface area contributed by atoms with Crippen molar-refractivity contribution in [2.75, 3.05) is 19.7 Å². The zero-order chi connectivity index (χ0) is 18.7. The van der Waals surface area contributed by atoms with Crippen LogP contribution in [0, 0.1) is 5.92 Å². The predicted octanol–water partition coefficient (Wildman–Crippen LogP) is 5.59. The molecule has 2 atom stereocenters. The van der Waals surface area contributed by atoms with Gasteiger partial charge in [0.25, 0.3) is 0 Å². The highest BCUT2D eigenvalue weighted by molar-refractivity contribution is 5.86. The Balaban J connectivity index is 0.000000567. The van der Waals surface area contributed by atoms with Crippen LogP contribution in [0.4, 0.5) is 0 Å². The van der Waals surface area contributed by atoms with E-state index >= 15 is 0 Å². The average molecular weight is 343 g/mol. The van der Waals surface area contributed by atoms with Crippen molar-refractivity contribution in [3.8, 4) is 0 Å². The van der Waals surface area contributed by atoms with E-state index in [4.69, 9.17) is 4.74 Å². The number of hydrogen-bond acceptors (Lipinski definition) is 1. The van der Waals surface area contributed by atoms with Crippen LogP contribution >= 0.6 is 0 Å². The summed E-state index contributed by atoms with van der Waals surface area (Å²) < 4.78 is 8.58. The lowest BCUT2D eigenvalue weighted by Crippen LogP contribution is -2.42. The Labute approximate surface area is 154 Å². The van der Waals surface area contributed by atoms with Crippen molar-refractivity contribution in [1.82, 2.24) is 0 Å². The van der Waals surface area contributed by atoms with Gasteiger partial charge in [-0.2, -0.15) is 0 Å². The molecule has 2 aliphatic heterocycles. The van der Waals surface area contributed by atoms with Crippen LogP contribution in [-0.2, 0) is 10.2 Å². The number of ether oxygens (including phenoxy) is 1. The molecule has 2 nitrogen and oxygen atoms in total. The first-order valence-electron chi connectivity index (χ1n) is 9.71. The molecule has 0 amide bonds. The van der Waals surface area contributed by atoms with Gasteiger partial charge in [-0.3, -0.25) is 0 Å². The Morgan fingerprint density at radius 3 is 2.20 bits per heavy atom. The number of hydrogen-bond donors (Lipinski definition) is 0. The molecule has 138 valence electrons. The smallest absolute Gasteiger partial charge is 0.347 e. The molecule has 0 N–H and O–H groups in total. The van der Waals surface area contributed by atoms with E-state index in [1.165, 1.54) is 24.3 Å². The SMILES string of the molecule is C=CC.C=CC(C)C1(c2ccccc2)CCOC1=[N+]1CCCC1.CC. The summed E-state index contributed by atoms with van der Waals surface area (Å²) in [6.45, 7) is 18.7. The number of nitrogens with zero attached hydrogens (tertiary/aromatic N) is 1. The van der Waals surface area contributed by atoms with Gasteiger partial charge in [0.1, 0.15) is 18.5 Å². The van der Waals surface area contributed by atoms with Gasteiger partial charge >= 0.3 is 5.90 Å². The fourth-order valence-electron chi connectivity index (χ4n) is 3.73. The molecule has 1 aromatic rings. The molecule has 25 heavy (non-hydrogen) atoms. The quantitative estimate of drug-likeness (QED) is 0.515. The monoisotopic (exact) mass is 342 g/mol. The van der Waals surface area contributed by atoms with E-state index < -0.39 is 0 Å². The molecule has 0 aliphatic carbocycles. The van der Waals surface area contributed by atoms with E-state index in [2.05, 4.69) is 61.1 Å². The van der Waals surface area contributed by atoms with Gasteiger partial charge < -0.3 is 4.74 Å². The fourth-order valence-corrected chi connectivity index (χ4v) is 3.73. The molecule has 0 spiro atoms.